The van der Waals surface area contributed by atoms with Crippen molar-refractivity contribution in [2.24, 2.45) is 11.8 Å². The summed E-state index contributed by atoms with van der Waals surface area (Å²) in [4.78, 5) is 36.4. The van der Waals surface area contributed by atoms with Crippen molar-refractivity contribution in [1.29, 1.82) is 0 Å². The summed E-state index contributed by atoms with van der Waals surface area (Å²) >= 11 is 0. The van der Waals surface area contributed by atoms with E-state index >= 15 is 0 Å². The summed E-state index contributed by atoms with van der Waals surface area (Å²) in [5.41, 5.74) is 8.04. The number of rotatable bonds is 7. The molecule has 160 valence electrons. The lowest BCUT2D eigenvalue weighted by Crippen LogP contribution is -2.43. The molecule has 0 fully saturated rings. The predicted molar refractivity (Wildman–Crippen MR) is 119 cm³/mol. The Morgan fingerprint density at radius 2 is 1.37 bits per heavy atom. The van der Waals surface area contributed by atoms with Crippen molar-refractivity contribution in [2.75, 3.05) is 5.32 Å². The van der Waals surface area contributed by atoms with Gasteiger partial charge in [0.1, 0.15) is 0 Å². The van der Waals surface area contributed by atoms with E-state index < -0.39 is 11.8 Å². The van der Waals surface area contributed by atoms with Gasteiger partial charge in [0.15, 0.2) is 0 Å². The number of carbonyl (C=O) groups excluding carboxylic acids is 3. The second-order valence-corrected chi connectivity index (χ2v) is 8.23. The minimum Gasteiger partial charge on any atom is -0.326 e. The first-order chi connectivity index (χ1) is 14.2. The minimum absolute atomic E-state index is 0.0920. The molecule has 0 aliphatic carbocycles. The Labute approximate surface area is 178 Å². The number of hydrogen-bond acceptors (Lipinski definition) is 3. The van der Waals surface area contributed by atoms with Crippen molar-refractivity contribution in [3.8, 4) is 0 Å². The quantitative estimate of drug-likeness (QED) is 0.603. The molecule has 0 aliphatic heterocycles. The number of anilines is 1. The molecule has 1 unspecified atom stereocenters. The van der Waals surface area contributed by atoms with Crippen LogP contribution in [0.4, 0.5) is 5.69 Å². The van der Waals surface area contributed by atoms with Crippen molar-refractivity contribution in [2.45, 2.75) is 47.0 Å². The van der Waals surface area contributed by atoms with Crippen molar-refractivity contribution in [1.82, 2.24) is 10.9 Å². The molecular formula is C24H31N3O3. The van der Waals surface area contributed by atoms with E-state index in [0.717, 1.165) is 12.0 Å². The van der Waals surface area contributed by atoms with E-state index in [-0.39, 0.29) is 17.7 Å². The maximum atomic E-state index is 12.4. The van der Waals surface area contributed by atoms with Crippen LogP contribution in [-0.4, -0.2) is 17.7 Å². The number of hydrogen-bond donors (Lipinski definition) is 3. The first-order valence-corrected chi connectivity index (χ1v) is 10.3. The zero-order valence-corrected chi connectivity index (χ0v) is 18.3. The standard InChI is InChI=1S/C24H31N3O3/c1-15(2)14-18-6-8-19(9-7-18)17(5)23(29)26-27-24(30)20-10-12-21(13-11-20)25-22(28)16(3)4/h6-13,15-17H,14H2,1-5H3,(H,25,28)(H,26,29)(H,27,30). The van der Waals surface area contributed by atoms with Gasteiger partial charge in [0, 0.05) is 17.2 Å². The fourth-order valence-corrected chi connectivity index (χ4v) is 2.86. The highest BCUT2D eigenvalue weighted by atomic mass is 16.2. The Morgan fingerprint density at radius 3 is 1.90 bits per heavy atom. The summed E-state index contributed by atoms with van der Waals surface area (Å²) in [6, 6.07) is 14.5. The number of amides is 3. The highest BCUT2D eigenvalue weighted by molar-refractivity contribution is 5.97. The Kier molecular flexibility index (Phi) is 8.16. The summed E-state index contributed by atoms with van der Waals surface area (Å²) in [5, 5.41) is 2.76. The Balaban J connectivity index is 1.89. The first-order valence-electron chi connectivity index (χ1n) is 10.3. The molecule has 0 aliphatic rings. The molecule has 2 aromatic rings. The van der Waals surface area contributed by atoms with Gasteiger partial charge in [0.05, 0.1) is 5.92 Å². The molecule has 6 nitrogen and oxygen atoms in total. The normalized spacial score (nSPS) is 11.8. The van der Waals surface area contributed by atoms with Gasteiger partial charge in [-0.05, 0) is 54.7 Å². The second-order valence-electron chi connectivity index (χ2n) is 8.23. The number of carbonyl (C=O) groups is 3. The van der Waals surface area contributed by atoms with E-state index in [4.69, 9.17) is 0 Å². The summed E-state index contributed by atoms with van der Waals surface area (Å²) in [6.07, 6.45) is 0.997. The molecule has 2 aromatic carbocycles. The third-order valence-electron chi connectivity index (χ3n) is 4.76. The van der Waals surface area contributed by atoms with Crippen LogP contribution in [0.3, 0.4) is 0 Å². The van der Waals surface area contributed by atoms with Crippen molar-refractivity contribution >= 4 is 23.4 Å². The van der Waals surface area contributed by atoms with E-state index in [1.54, 1.807) is 45.0 Å². The van der Waals surface area contributed by atoms with Gasteiger partial charge in [-0.15, -0.1) is 0 Å². The largest absolute Gasteiger partial charge is 0.326 e. The Hall–Kier alpha value is -3.15. The number of benzene rings is 2. The maximum absolute atomic E-state index is 12.4. The lowest BCUT2D eigenvalue weighted by Gasteiger charge is -2.14. The van der Waals surface area contributed by atoms with Gasteiger partial charge in [-0.25, -0.2) is 0 Å². The van der Waals surface area contributed by atoms with E-state index in [1.165, 1.54) is 5.56 Å². The molecular weight excluding hydrogens is 378 g/mol. The average Bonchev–Trinajstić information content (AvgIpc) is 2.71. The number of hydrazine groups is 1. The summed E-state index contributed by atoms with van der Waals surface area (Å²) in [5.74, 6) is -0.757. The highest BCUT2D eigenvalue weighted by Crippen LogP contribution is 2.17. The van der Waals surface area contributed by atoms with Crippen LogP contribution in [0.1, 0.15) is 62.0 Å². The molecule has 0 bridgehead atoms. The molecule has 2 rings (SSSR count). The third kappa shape index (κ3) is 6.72. The van der Waals surface area contributed by atoms with Gasteiger partial charge in [-0.2, -0.15) is 0 Å². The van der Waals surface area contributed by atoms with E-state index in [0.29, 0.717) is 17.2 Å². The van der Waals surface area contributed by atoms with Crippen molar-refractivity contribution < 1.29 is 14.4 Å². The Morgan fingerprint density at radius 1 is 0.767 bits per heavy atom. The molecule has 1 atom stereocenters. The zero-order valence-electron chi connectivity index (χ0n) is 18.3. The smallest absolute Gasteiger partial charge is 0.269 e. The minimum atomic E-state index is -0.426. The lowest BCUT2D eigenvalue weighted by molar-refractivity contribution is -0.123. The molecule has 0 saturated carbocycles. The molecule has 30 heavy (non-hydrogen) atoms. The van der Waals surface area contributed by atoms with Crippen LogP contribution in [0, 0.1) is 11.8 Å². The molecule has 0 heterocycles. The van der Waals surface area contributed by atoms with Gasteiger partial charge >= 0.3 is 0 Å². The molecule has 0 spiro atoms. The molecule has 0 aromatic heterocycles. The van der Waals surface area contributed by atoms with E-state index in [9.17, 15) is 14.4 Å². The zero-order chi connectivity index (χ0) is 22.3. The fourth-order valence-electron chi connectivity index (χ4n) is 2.86. The van der Waals surface area contributed by atoms with Crippen LogP contribution >= 0.6 is 0 Å². The van der Waals surface area contributed by atoms with Crippen LogP contribution in [0.15, 0.2) is 48.5 Å². The van der Waals surface area contributed by atoms with Gasteiger partial charge in [0.2, 0.25) is 11.8 Å². The molecule has 6 heteroatoms. The highest BCUT2D eigenvalue weighted by Gasteiger charge is 2.16. The SMILES string of the molecule is CC(C)Cc1ccc(C(C)C(=O)NNC(=O)c2ccc(NC(=O)C(C)C)cc2)cc1. The van der Waals surface area contributed by atoms with Crippen molar-refractivity contribution in [3.05, 3.63) is 65.2 Å². The second kappa shape index (κ2) is 10.6. The van der Waals surface area contributed by atoms with Gasteiger partial charge in [-0.1, -0.05) is 52.0 Å². The van der Waals surface area contributed by atoms with Crippen LogP contribution in [0.2, 0.25) is 0 Å². The molecule has 0 saturated heterocycles. The maximum Gasteiger partial charge on any atom is 0.269 e. The fraction of sp³-hybridized carbons (Fsp3) is 0.375. The molecule has 0 radical (unpaired) electrons. The number of nitrogens with one attached hydrogen (secondary N) is 3. The summed E-state index contributed by atoms with van der Waals surface area (Å²) in [7, 11) is 0. The van der Waals surface area contributed by atoms with Crippen LogP contribution in [0.5, 0.6) is 0 Å². The van der Waals surface area contributed by atoms with E-state index in [1.807, 2.05) is 24.3 Å². The van der Waals surface area contributed by atoms with Gasteiger partial charge in [0.25, 0.3) is 5.91 Å². The topological polar surface area (TPSA) is 87.3 Å². The van der Waals surface area contributed by atoms with Gasteiger partial charge in [-0.3, -0.25) is 25.2 Å². The third-order valence-corrected chi connectivity index (χ3v) is 4.76. The first kappa shape index (κ1) is 23.1. The van der Waals surface area contributed by atoms with Crippen LogP contribution in [-0.2, 0) is 16.0 Å². The lowest BCUT2D eigenvalue weighted by atomic mass is 9.96. The molecule has 3 N–H and O–H groups in total. The predicted octanol–water partition coefficient (Wildman–Crippen LogP) is 4.04. The average molecular weight is 410 g/mol. The summed E-state index contributed by atoms with van der Waals surface area (Å²) in [6.45, 7) is 9.75. The van der Waals surface area contributed by atoms with Crippen LogP contribution in [0.25, 0.3) is 0 Å². The van der Waals surface area contributed by atoms with Gasteiger partial charge < -0.3 is 5.32 Å². The van der Waals surface area contributed by atoms with Crippen molar-refractivity contribution in [3.63, 3.8) is 0 Å². The summed E-state index contributed by atoms with van der Waals surface area (Å²) < 4.78 is 0. The van der Waals surface area contributed by atoms with E-state index in [2.05, 4.69) is 30.0 Å². The Bertz CT molecular complexity index is 872. The monoisotopic (exact) mass is 409 g/mol. The van der Waals surface area contributed by atoms with Crippen LogP contribution < -0.4 is 16.2 Å². The molecule has 3 amide bonds.